The Kier molecular flexibility index (Phi) is 7.24. The summed E-state index contributed by atoms with van der Waals surface area (Å²) in [5.74, 6) is 0. The van der Waals surface area contributed by atoms with E-state index in [1.165, 1.54) is 70.4 Å². The van der Waals surface area contributed by atoms with E-state index in [4.69, 9.17) is 5.21 Å². The van der Waals surface area contributed by atoms with Crippen LogP contribution in [0.15, 0.2) is 24.4 Å². The summed E-state index contributed by atoms with van der Waals surface area (Å²) in [5.41, 5.74) is 0. The van der Waals surface area contributed by atoms with Gasteiger partial charge in [-0.05, 0) is 37.8 Å². The van der Waals surface area contributed by atoms with Crippen LogP contribution in [0.2, 0.25) is 0 Å². The van der Waals surface area contributed by atoms with Crippen LogP contribution in [0.25, 0.3) is 0 Å². The molecule has 0 unspecified atom stereocenters. The molecular weight excluding hydrogens is 280 g/mol. The quantitative estimate of drug-likeness (QED) is 0.614. The molecule has 2 aliphatic rings. The van der Waals surface area contributed by atoms with Crippen LogP contribution in [0, 0.1) is 4.64 Å². The first-order valence-corrected chi connectivity index (χ1v) is 8.79. The van der Waals surface area contributed by atoms with Crippen LogP contribution in [0.5, 0.6) is 0 Å². The van der Waals surface area contributed by atoms with E-state index in [-0.39, 0.29) is 0 Å². The Morgan fingerprint density at radius 1 is 0.905 bits per heavy atom. The first-order valence-electron chi connectivity index (χ1n) is 8.38. The molecule has 4 heteroatoms. The van der Waals surface area contributed by atoms with Crippen molar-refractivity contribution in [1.29, 1.82) is 0 Å². The van der Waals surface area contributed by atoms with Crippen molar-refractivity contribution in [2.24, 2.45) is 0 Å². The van der Waals surface area contributed by atoms with Crippen molar-refractivity contribution in [3.8, 4) is 0 Å². The van der Waals surface area contributed by atoms with Gasteiger partial charge in [0.15, 0.2) is 0 Å². The molecule has 0 bridgehead atoms. The maximum Gasteiger partial charge on any atom is 0.142 e. The topological polar surface area (TPSA) is 37.2 Å². The van der Waals surface area contributed by atoms with Crippen molar-refractivity contribution in [1.82, 2.24) is 10.0 Å². The summed E-state index contributed by atoms with van der Waals surface area (Å²) < 4.78 is 1.32. The first-order chi connectivity index (χ1) is 10.3. The fraction of sp³-hybridized carbons (Fsp3) is 0.706. The van der Waals surface area contributed by atoms with E-state index < -0.39 is 0 Å². The van der Waals surface area contributed by atoms with Gasteiger partial charge in [-0.2, -0.15) is 4.73 Å². The van der Waals surface area contributed by atoms with Crippen molar-refractivity contribution in [3.05, 3.63) is 29.0 Å². The molecule has 1 heterocycles. The van der Waals surface area contributed by atoms with E-state index in [2.05, 4.69) is 17.5 Å². The van der Waals surface area contributed by atoms with Crippen molar-refractivity contribution >= 4 is 12.2 Å². The second-order valence-electron chi connectivity index (χ2n) is 6.22. The maximum absolute atomic E-state index is 8.73. The summed E-state index contributed by atoms with van der Waals surface area (Å²) in [4.78, 5) is 0. The fourth-order valence-corrected chi connectivity index (χ4v) is 3.43. The third-order valence-electron chi connectivity index (χ3n) is 4.48. The van der Waals surface area contributed by atoms with Crippen LogP contribution in [0.3, 0.4) is 0 Å². The predicted octanol–water partition coefficient (Wildman–Crippen LogP) is 4.70. The Balaban J connectivity index is 0.000000173. The Labute approximate surface area is 133 Å². The molecule has 0 amide bonds. The van der Waals surface area contributed by atoms with Gasteiger partial charge in [0.25, 0.3) is 0 Å². The van der Waals surface area contributed by atoms with E-state index in [1.54, 1.807) is 18.2 Å². The van der Waals surface area contributed by atoms with Gasteiger partial charge in [-0.15, -0.1) is 0 Å². The monoisotopic (exact) mass is 308 g/mol. The molecule has 2 aliphatic carbocycles. The Bertz CT molecular complexity index is 432. The zero-order chi connectivity index (χ0) is 14.9. The van der Waals surface area contributed by atoms with Crippen molar-refractivity contribution in [3.63, 3.8) is 0 Å². The molecule has 118 valence electrons. The SMILES string of the molecule is C1CCC(NC2CCCCC2)CC1.On1ccccc1=S. The molecule has 0 atom stereocenters. The summed E-state index contributed by atoms with van der Waals surface area (Å²) in [6.07, 6.45) is 16.1. The second kappa shape index (κ2) is 9.21. The number of hydrogen-bond donors (Lipinski definition) is 2. The van der Waals surface area contributed by atoms with E-state index in [9.17, 15) is 0 Å². The van der Waals surface area contributed by atoms with Gasteiger partial charge in [0.2, 0.25) is 0 Å². The molecule has 0 saturated heterocycles. The molecule has 0 aromatic carbocycles. The highest BCUT2D eigenvalue weighted by atomic mass is 32.1. The lowest BCUT2D eigenvalue weighted by atomic mass is 9.91. The van der Waals surface area contributed by atoms with Crippen molar-refractivity contribution in [2.75, 3.05) is 0 Å². The highest BCUT2D eigenvalue weighted by molar-refractivity contribution is 7.71. The minimum absolute atomic E-state index is 0.424. The number of aromatic nitrogens is 1. The van der Waals surface area contributed by atoms with Crippen LogP contribution in [-0.2, 0) is 0 Å². The number of hydrogen-bond acceptors (Lipinski definition) is 3. The third-order valence-corrected chi connectivity index (χ3v) is 4.81. The zero-order valence-electron chi connectivity index (χ0n) is 12.8. The number of pyridine rings is 1. The van der Waals surface area contributed by atoms with Crippen LogP contribution in [0.4, 0.5) is 0 Å². The molecule has 0 aliphatic heterocycles. The van der Waals surface area contributed by atoms with E-state index >= 15 is 0 Å². The van der Waals surface area contributed by atoms with Crippen LogP contribution in [-0.4, -0.2) is 22.0 Å². The standard InChI is InChI=1S/C12H23N.C5H5NOS/c1-3-7-11(8-4-1)13-12-9-5-2-6-10-12;7-6-4-2-1-3-5(6)8/h11-13H,1-10H2;1-4,7H. The predicted molar refractivity (Wildman–Crippen MR) is 89.3 cm³/mol. The van der Waals surface area contributed by atoms with Gasteiger partial charge in [-0.1, -0.05) is 56.8 Å². The maximum atomic E-state index is 8.73. The molecular formula is C17H28N2OS. The summed E-state index contributed by atoms with van der Waals surface area (Å²) in [5, 5.41) is 12.6. The van der Waals surface area contributed by atoms with Crippen LogP contribution < -0.4 is 5.32 Å². The lowest BCUT2D eigenvalue weighted by Crippen LogP contribution is -2.40. The highest BCUT2D eigenvalue weighted by Gasteiger charge is 2.19. The Morgan fingerprint density at radius 2 is 1.43 bits per heavy atom. The largest absolute Gasteiger partial charge is 0.428 e. The van der Waals surface area contributed by atoms with Gasteiger partial charge < -0.3 is 10.5 Å². The highest BCUT2D eigenvalue weighted by Crippen LogP contribution is 2.22. The third kappa shape index (κ3) is 6.18. The molecule has 3 rings (SSSR count). The van der Waals surface area contributed by atoms with Gasteiger partial charge in [-0.3, -0.25) is 0 Å². The van der Waals surface area contributed by atoms with Crippen LogP contribution in [0.1, 0.15) is 64.2 Å². The first kappa shape index (κ1) is 16.5. The van der Waals surface area contributed by atoms with Gasteiger partial charge >= 0.3 is 0 Å². The number of rotatable bonds is 2. The molecule has 0 spiro atoms. The van der Waals surface area contributed by atoms with Crippen LogP contribution >= 0.6 is 12.2 Å². The van der Waals surface area contributed by atoms with Gasteiger partial charge in [0, 0.05) is 18.3 Å². The minimum atomic E-state index is 0.424. The van der Waals surface area contributed by atoms with Gasteiger partial charge in [0.1, 0.15) is 4.64 Å². The van der Waals surface area contributed by atoms with Gasteiger partial charge in [-0.25, -0.2) is 0 Å². The Morgan fingerprint density at radius 3 is 1.81 bits per heavy atom. The van der Waals surface area contributed by atoms with E-state index in [1.807, 2.05) is 0 Å². The summed E-state index contributed by atoms with van der Waals surface area (Å²) in [6.45, 7) is 0. The van der Waals surface area contributed by atoms with Crippen molar-refractivity contribution < 1.29 is 5.21 Å². The second-order valence-corrected chi connectivity index (χ2v) is 6.64. The molecule has 2 N–H and O–H groups in total. The van der Waals surface area contributed by atoms with E-state index in [0.29, 0.717) is 4.64 Å². The van der Waals surface area contributed by atoms with Crippen molar-refractivity contribution in [2.45, 2.75) is 76.3 Å². The normalized spacial score (nSPS) is 20.6. The molecule has 0 radical (unpaired) electrons. The lowest BCUT2D eigenvalue weighted by molar-refractivity contribution is 0.180. The molecule has 2 fully saturated rings. The Hall–Kier alpha value is -0.870. The molecule has 2 saturated carbocycles. The fourth-order valence-electron chi connectivity index (χ4n) is 3.29. The lowest BCUT2D eigenvalue weighted by Gasteiger charge is -2.30. The zero-order valence-corrected chi connectivity index (χ0v) is 13.7. The average molecular weight is 308 g/mol. The summed E-state index contributed by atoms with van der Waals surface area (Å²) in [6, 6.07) is 6.87. The smallest absolute Gasteiger partial charge is 0.142 e. The number of nitrogens with zero attached hydrogens (tertiary/aromatic N) is 1. The molecule has 1 aromatic rings. The molecule has 1 aromatic heterocycles. The minimum Gasteiger partial charge on any atom is -0.428 e. The summed E-state index contributed by atoms with van der Waals surface area (Å²) >= 11 is 4.67. The number of nitrogens with one attached hydrogen (secondary N) is 1. The average Bonchev–Trinajstić information content (AvgIpc) is 2.53. The summed E-state index contributed by atoms with van der Waals surface area (Å²) in [7, 11) is 0. The molecule has 3 nitrogen and oxygen atoms in total. The van der Waals surface area contributed by atoms with Gasteiger partial charge in [0.05, 0.1) is 0 Å². The van der Waals surface area contributed by atoms with E-state index in [0.717, 1.165) is 16.8 Å². The molecule has 21 heavy (non-hydrogen) atoms.